The highest BCUT2D eigenvalue weighted by Gasteiger charge is 2.28. The Labute approximate surface area is 253 Å². The van der Waals surface area contributed by atoms with Gasteiger partial charge in [-0.3, -0.25) is 19.6 Å². The fourth-order valence-corrected chi connectivity index (χ4v) is 5.98. The molecule has 0 radical (unpaired) electrons. The van der Waals surface area contributed by atoms with E-state index < -0.39 is 0 Å². The van der Waals surface area contributed by atoms with Gasteiger partial charge in [-0.25, -0.2) is 0 Å². The molecule has 0 spiro atoms. The normalized spacial score (nSPS) is 15.0. The summed E-state index contributed by atoms with van der Waals surface area (Å²) in [5.74, 6) is 0.0735. The van der Waals surface area contributed by atoms with Crippen molar-refractivity contribution >= 4 is 52.4 Å². The van der Waals surface area contributed by atoms with Crippen LogP contribution in [0.25, 0.3) is 10.9 Å². The van der Waals surface area contributed by atoms with E-state index in [0.717, 1.165) is 54.8 Å². The van der Waals surface area contributed by atoms with Gasteiger partial charge in [-0.05, 0) is 55.3 Å². The lowest BCUT2D eigenvalue weighted by molar-refractivity contribution is 0.0773. The molecule has 1 aliphatic rings. The molecule has 5 rings (SSSR count). The first-order valence-corrected chi connectivity index (χ1v) is 14.4. The van der Waals surface area contributed by atoms with Gasteiger partial charge in [-0.1, -0.05) is 65.7 Å². The van der Waals surface area contributed by atoms with Crippen molar-refractivity contribution in [1.82, 2.24) is 19.7 Å². The number of halogens is 3. The quantitative estimate of drug-likeness (QED) is 0.213. The molecule has 1 unspecified atom stereocenters. The van der Waals surface area contributed by atoms with Gasteiger partial charge in [0.25, 0.3) is 5.91 Å². The lowest BCUT2D eigenvalue weighted by Crippen LogP contribution is -2.47. The molecule has 210 valence electrons. The van der Waals surface area contributed by atoms with E-state index in [1.54, 1.807) is 0 Å². The number of benzene rings is 3. The second-order valence-corrected chi connectivity index (χ2v) is 10.8. The van der Waals surface area contributed by atoms with Crippen molar-refractivity contribution in [2.45, 2.75) is 26.4 Å². The Bertz CT molecular complexity index is 1430. The zero-order valence-corrected chi connectivity index (χ0v) is 25.2. The summed E-state index contributed by atoms with van der Waals surface area (Å²) < 4.78 is 0. The number of rotatable bonds is 8. The first kappa shape index (κ1) is 30.3. The number of aromatic nitrogens is 1. The Kier molecular flexibility index (Phi) is 10.4. The van der Waals surface area contributed by atoms with Crippen LogP contribution >= 0.6 is 35.6 Å². The van der Waals surface area contributed by atoms with Crippen LogP contribution in [0.2, 0.25) is 10.0 Å². The van der Waals surface area contributed by atoms with Gasteiger partial charge in [0, 0.05) is 78.6 Å². The number of carbonyl (C=O) groups excluding carboxylic acids is 1. The van der Waals surface area contributed by atoms with Crippen molar-refractivity contribution in [3.05, 3.63) is 111 Å². The van der Waals surface area contributed by atoms with Crippen LogP contribution in [0.15, 0.2) is 79.0 Å². The number of carbonyl (C=O) groups is 1. The highest BCUT2D eigenvalue weighted by Crippen LogP contribution is 2.34. The van der Waals surface area contributed by atoms with Crippen molar-refractivity contribution < 1.29 is 4.79 Å². The van der Waals surface area contributed by atoms with Gasteiger partial charge in [0.15, 0.2) is 0 Å². The minimum absolute atomic E-state index is 0. The molecule has 1 aromatic heterocycles. The molecule has 3 aromatic carbocycles. The van der Waals surface area contributed by atoms with E-state index in [1.165, 1.54) is 11.1 Å². The Morgan fingerprint density at radius 3 is 2.30 bits per heavy atom. The van der Waals surface area contributed by atoms with E-state index in [4.69, 9.17) is 28.2 Å². The molecular weight excluding hydrogens is 563 g/mol. The molecule has 0 aliphatic carbocycles. The molecule has 4 aromatic rings. The maximum atomic E-state index is 12.9. The molecule has 1 amide bonds. The van der Waals surface area contributed by atoms with E-state index in [9.17, 15) is 4.79 Å². The van der Waals surface area contributed by atoms with Gasteiger partial charge in [0.05, 0.1) is 11.6 Å². The zero-order valence-electron chi connectivity index (χ0n) is 22.9. The molecule has 1 fully saturated rings. The van der Waals surface area contributed by atoms with Crippen LogP contribution in [0.1, 0.15) is 46.9 Å². The number of piperazine rings is 1. The van der Waals surface area contributed by atoms with Gasteiger partial charge in [0.1, 0.15) is 0 Å². The summed E-state index contributed by atoms with van der Waals surface area (Å²) >= 11 is 12.6. The third-order valence-corrected chi connectivity index (χ3v) is 8.25. The molecule has 1 saturated heterocycles. The molecule has 1 atom stereocenters. The molecule has 2 heterocycles. The summed E-state index contributed by atoms with van der Waals surface area (Å²) in [6.07, 6.45) is 1.86. The smallest absolute Gasteiger partial charge is 0.253 e. The predicted molar refractivity (Wildman–Crippen MR) is 168 cm³/mol. The Morgan fingerprint density at radius 2 is 1.62 bits per heavy atom. The van der Waals surface area contributed by atoms with E-state index in [0.29, 0.717) is 23.1 Å². The largest absolute Gasteiger partial charge is 0.339 e. The van der Waals surface area contributed by atoms with Gasteiger partial charge in [-0.2, -0.15) is 0 Å². The van der Waals surface area contributed by atoms with E-state index in [1.807, 2.05) is 61.3 Å². The second-order valence-electron chi connectivity index (χ2n) is 9.97. The van der Waals surface area contributed by atoms with Crippen LogP contribution in [-0.2, 0) is 6.54 Å². The molecule has 0 saturated carbocycles. The van der Waals surface area contributed by atoms with Crippen LogP contribution in [0.3, 0.4) is 0 Å². The third kappa shape index (κ3) is 6.62. The summed E-state index contributed by atoms with van der Waals surface area (Å²) in [5, 5.41) is 2.50. The van der Waals surface area contributed by atoms with Crippen LogP contribution in [0.4, 0.5) is 0 Å². The van der Waals surface area contributed by atoms with E-state index >= 15 is 0 Å². The zero-order chi connectivity index (χ0) is 27.4. The maximum Gasteiger partial charge on any atom is 0.253 e. The average Bonchev–Trinajstić information content (AvgIpc) is 2.96. The minimum Gasteiger partial charge on any atom is -0.339 e. The fourth-order valence-electron chi connectivity index (χ4n) is 5.51. The number of pyridine rings is 1. The molecule has 5 nitrogen and oxygen atoms in total. The van der Waals surface area contributed by atoms with Crippen LogP contribution in [0.5, 0.6) is 0 Å². The first-order chi connectivity index (χ1) is 19.0. The summed E-state index contributed by atoms with van der Waals surface area (Å²) in [7, 11) is 0. The van der Waals surface area contributed by atoms with Crippen molar-refractivity contribution in [3.63, 3.8) is 0 Å². The predicted octanol–water partition coefficient (Wildman–Crippen LogP) is 7.35. The Balaban J connectivity index is 0.00000370. The highest BCUT2D eigenvalue weighted by molar-refractivity contribution is 6.35. The van der Waals surface area contributed by atoms with Gasteiger partial charge in [-0.15, -0.1) is 12.4 Å². The van der Waals surface area contributed by atoms with Gasteiger partial charge < -0.3 is 4.90 Å². The molecule has 0 bridgehead atoms. The molecule has 1 aliphatic heterocycles. The number of fused-ring (bicyclic) bond motifs is 1. The number of hydrogen-bond acceptors (Lipinski definition) is 4. The monoisotopic (exact) mass is 596 g/mol. The van der Waals surface area contributed by atoms with Gasteiger partial charge in [0.2, 0.25) is 0 Å². The van der Waals surface area contributed by atoms with Crippen molar-refractivity contribution in [2.24, 2.45) is 0 Å². The SMILES string of the molecule is CCN(CC)C(=O)c1ccc(C(c2cccc3cccnc23)N2CCN(Cc3ccc(Cl)cc3Cl)CC2)cc1.Cl. The average molecular weight is 598 g/mol. The topological polar surface area (TPSA) is 39.7 Å². The van der Waals surface area contributed by atoms with E-state index in [2.05, 4.69) is 46.2 Å². The summed E-state index contributed by atoms with van der Waals surface area (Å²) in [5.41, 5.74) is 5.19. The second kappa shape index (κ2) is 13.8. The molecule has 0 N–H and O–H groups in total. The van der Waals surface area contributed by atoms with E-state index in [-0.39, 0.29) is 24.4 Å². The minimum atomic E-state index is 0. The van der Waals surface area contributed by atoms with Crippen molar-refractivity contribution in [1.29, 1.82) is 0 Å². The molecular formula is C32H35Cl3N4O. The van der Waals surface area contributed by atoms with Gasteiger partial charge >= 0.3 is 0 Å². The van der Waals surface area contributed by atoms with Crippen LogP contribution in [0, 0.1) is 0 Å². The number of nitrogens with zero attached hydrogens (tertiary/aromatic N) is 4. The van der Waals surface area contributed by atoms with Crippen molar-refractivity contribution in [3.8, 4) is 0 Å². The van der Waals surface area contributed by atoms with Crippen molar-refractivity contribution in [2.75, 3.05) is 39.3 Å². The standard InChI is InChI=1S/C32H34Cl2N4O.ClH/c1-3-37(4-2)32(39)25-12-10-24(11-13-25)31(28-9-5-7-23-8-6-16-35-30(23)28)38-19-17-36(18-20-38)22-26-14-15-27(33)21-29(26)34;/h5-16,21,31H,3-4,17-20,22H2,1-2H3;1H. The Hall–Kier alpha value is -2.67. The highest BCUT2D eigenvalue weighted by atomic mass is 35.5. The van der Waals surface area contributed by atoms with Crippen LogP contribution in [-0.4, -0.2) is 64.9 Å². The lowest BCUT2D eigenvalue weighted by atomic mass is 9.93. The number of para-hydroxylation sites is 1. The molecule has 8 heteroatoms. The number of hydrogen-bond donors (Lipinski definition) is 0. The third-order valence-electron chi connectivity index (χ3n) is 7.66. The Morgan fingerprint density at radius 1 is 0.925 bits per heavy atom. The summed E-state index contributed by atoms with van der Waals surface area (Å²) in [4.78, 5) is 24.6. The summed E-state index contributed by atoms with van der Waals surface area (Å²) in [6.45, 7) is 9.88. The fraction of sp³-hybridized carbons (Fsp3) is 0.312. The number of amides is 1. The first-order valence-electron chi connectivity index (χ1n) is 13.6. The lowest BCUT2D eigenvalue weighted by Gasteiger charge is -2.40. The summed E-state index contributed by atoms with van der Waals surface area (Å²) in [6, 6.07) is 24.4. The van der Waals surface area contributed by atoms with Crippen LogP contribution < -0.4 is 0 Å². The maximum absolute atomic E-state index is 12.9. The molecule has 40 heavy (non-hydrogen) atoms.